The smallest absolute Gasteiger partial charge is 0.229 e. The van der Waals surface area contributed by atoms with Gasteiger partial charge < -0.3 is 24.4 Å². The van der Waals surface area contributed by atoms with Crippen LogP contribution >= 0.6 is 0 Å². The molecule has 1 aliphatic rings. The largest absolute Gasteiger partial charge is 0.493 e. The number of hydrogen-bond donors (Lipinski definition) is 2. The Labute approximate surface area is 192 Å². The summed E-state index contributed by atoms with van der Waals surface area (Å²) in [5.74, 6) is 0.0585. The molecule has 2 amide bonds. The molecular formula is C22H27N3O7S. The van der Waals surface area contributed by atoms with E-state index in [9.17, 15) is 18.0 Å². The van der Waals surface area contributed by atoms with E-state index in [1.165, 1.54) is 26.2 Å². The number of sulfonamides is 1. The number of nitrogens with one attached hydrogen (secondary N) is 2. The first-order valence-electron chi connectivity index (χ1n) is 10.1. The van der Waals surface area contributed by atoms with Gasteiger partial charge in [-0.25, -0.2) is 8.42 Å². The van der Waals surface area contributed by atoms with Crippen LogP contribution in [-0.2, 0) is 19.6 Å². The number of methoxy groups -OCH3 is 3. The van der Waals surface area contributed by atoms with E-state index in [0.717, 1.165) is 6.26 Å². The van der Waals surface area contributed by atoms with E-state index in [0.29, 0.717) is 39.9 Å². The number of aryl methyl sites for hydroxylation is 1. The maximum atomic E-state index is 12.9. The molecule has 33 heavy (non-hydrogen) atoms. The summed E-state index contributed by atoms with van der Waals surface area (Å²) in [6.45, 7) is 1.92. The number of rotatable bonds is 8. The van der Waals surface area contributed by atoms with Crippen molar-refractivity contribution in [3.05, 3.63) is 35.9 Å². The number of amides is 2. The predicted octanol–water partition coefficient (Wildman–Crippen LogP) is 2.38. The third-order valence-corrected chi connectivity index (χ3v) is 5.85. The Morgan fingerprint density at radius 2 is 1.70 bits per heavy atom. The summed E-state index contributed by atoms with van der Waals surface area (Å²) < 4.78 is 41.6. The monoisotopic (exact) mass is 477 g/mol. The highest BCUT2D eigenvalue weighted by atomic mass is 32.2. The van der Waals surface area contributed by atoms with Gasteiger partial charge in [-0.1, -0.05) is 6.07 Å². The van der Waals surface area contributed by atoms with Crippen molar-refractivity contribution in [2.45, 2.75) is 13.3 Å². The summed E-state index contributed by atoms with van der Waals surface area (Å²) in [6, 6.07) is 8.23. The number of hydrogen-bond acceptors (Lipinski definition) is 7. The second-order valence-corrected chi connectivity index (χ2v) is 9.43. The minimum atomic E-state index is -3.47. The fourth-order valence-electron chi connectivity index (χ4n) is 3.61. The van der Waals surface area contributed by atoms with Crippen molar-refractivity contribution in [1.82, 2.24) is 0 Å². The van der Waals surface area contributed by atoms with Gasteiger partial charge in [0, 0.05) is 30.8 Å². The SMILES string of the molecule is COc1cc(N2CC(C(=O)Nc3ccc(C)c(NS(C)(=O)=O)c3)CC2=O)cc(OC)c1OC. The molecule has 11 heteroatoms. The first-order valence-corrected chi connectivity index (χ1v) is 11.9. The van der Waals surface area contributed by atoms with E-state index in [4.69, 9.17) is 14.2 Å². The van der Waals surface area contributed by atoms with Crippen LogP contribution in [0.5, 0.6) is 17.2 Å². The standard InChI is InChI=1S/C22H27N3O7S/c1-13-6-7-15(9-17(13)24-33(5,28)29)23-22(27)14-8-20(26)25(12-14)16-10-18(30-2)21(32-4)19(11-16)31-3/h6-7,9-11,14,24H,8,12H2,1-5H3,(H,23,27). The van der Waals surface area contributed by atoms with Gasteiger partial charge in [0.05, 0.1) is 44.9 Å². The van der Waals surface area contributed by atoms with Crippen LogP contribution < -0.4 is 29.1 Å². The lowest BCUT2D eigenvalue weighted by Crippen LogP contribution is -2.28. The zero-order valence-corrected chi connectivity index (χ0v) is 19.9. The maximum Gasteiger partial charge on any atom is 0.229 e. The molecule has 0 aromatic heterocycles. The van der Waals surface area contributed by atoms with Crippen molar-refractivity contribution in [2.24, 2.45) is 5.92 Å². The average molecular weight is 478 g/mol. The lowest BCUT2D eigenvalue weighted by Gasteiger charge is -2.20. The van der Waals surface area contributed by atoms with Gasteiger partial charge >= 0.3 is 0 Å². The van der Waals surface area contributed by atoms with Crippen LogP contribution in [-0.4, -0.2) is 54.4 Å². The molecule has 1 heterocycles. The first-order chi connectivity index (χ1) is 15.6. The summed E-state index contributed by atoms with van der Waals surface area (Å²) >= 11 is 0. The summed E-state index contributed by atoms with van der Waals surface area (Å²) in [5.41, 5.74) is 2.04. The van der Waals surface area contributed by atoms with Crippen molar-refractivity contribution in [1.29, 1.82) is 0 Å². The normalized spacial score (nSPS) is 15.8. The highest BCUT2D eigenvalue weighted by molar-refractivity contribution is 7.92. The van der Waals surface area contributed by atoms with Crippen LogP contribution in [0.4, 0.5) is 17.1 Å². The molecule has 3 rings (SSSR count). The summed E-state index contributed by atoms with van der Waals surface area (Å²) in [4.78, 5) is 27.1. The molecule has 10 nitrogen and oxygen atoms in total. The van der Waals surface area contributed by atoms with Crippen LogP contribution in [0, 0.1) is 12.8 Å². The minimum absolute atomic E-state index is 0.0306. The van der Waals surface area contributed by atoms with Gasteiger partial charge in [-0.05, 0) is 24.6 Å². The molecule has 0 radical (unpaired) electrons. The molecule has 0 bridgehead atoms. The number of carbonyl (C=O) groups is 2. The minimum Gasteiger partial charge on any atom is -0.493 e. The van der Waals surface area contributed by atoms with Crippen molar-refractivity contribution in [3.63, 3.8) is 0 Å². The van der Waals surface area contributed by atoms with Crippen LogP contribution in [0.3, 0.4) is 0 Å². The summed E-state index contributed by atoms with van der Waals surface area (Å²) in [6.07, 6.45) is 1.09. The summed E-state index contributed by atoms with van der Waals surface area (Å²) in [7, 11) is 0.991. The second-order valence-electron chi connectivity index (χ2n) is 7.68. The van der Waals surface area contributed by atoms with Crippen molar-refractivity contribution < 1.29 is 32.2 Å². The Balaban J connectivity index is 1.78. The van der Waals surface area contributed by atoms with Gasteiger partial charge in [0.1, 0.15) is 0 Å². The number of nitrogens with zero attached hydrogens (tertiary/aromatic N) is 1. The van der Waals surface area contributed by atoms with Crippen molar-refractivity contribution in [2.75, 3.05) is 49.1 Å². The number of ether oxygens (including phenoxy) is 3. The maximum absolute atomic E-state index is 12.9. The number of carbonyl (C=O) groups excluding carboxylic acids is 2. The van der Waals surface area contributed by atoms with E-state index >= 15 is 0 Å². The molecule has 0 aliphatic carbocycles. The Kier molecular flexibility index (Phi) is 7.01. The Bertz CT molecular complexity index is 1160. The topological polar surface area (TPSA) is 123 Å². The van der Waals surface area contributed by atoms with E-state index in [1.54, 1.807) is 37.3 Å². The van der Waals surface area contributed by atoms with Gasteiger partial charge in [0.2, 0.25) is 27.6 Å². The van der Waals surface area contributed by atoms with Gasteiger partial charge in [0.15, 0.2) is 11.5 Å². The van der Waals surface area contributed by atoms with Crippen LogP contribution in [0.1, 0.15) is 12.0 Å². The molecule has 0 spiro atoms. The zero-order valence-electron chi connectivity index (χ0n) is 19.1. The molecule has 1 unspecified atom stereocenters. The molecule has 1 aliphatic heterocycles. The van der Waals surface area contributed by atoms with Crippen molar-refractivity contribution in [3.8, 4) is 17.2 Å². The Morgan fingerprint density at radius 3 is 2.24 bits per heavy atom. The van der Waals surface area contributed by atoms with Crippen molar-refractivity contribution >= 4 is 38.9 Å². The van der Waals surface area contributed by atoms with E-state index in [1.807, 2.05) is 0 Å². The third kappa shape index (κ3) is 5.48. The predicted molar refractivity (Wildman–Crippen MR) is 125 cm³/mol. The van der Waals surface area contributed by atoms with E-state index in [2.05, 4.69) is 10.0 Å². The molecule has 1 atom stereocenters. The lowest BCUT2D eigenvalue weighted by atomic mass is 10.1. The number of benzene rings is 2. The van der Waals surface area contributed by atoms with E-state index in [-0.39, 0.29) is 24.8 Å². The highest BCUT2D eigenvalue weighted by Gasteiger charge is 2.36. The molecule has 178 valence electrons. The molecule has 2 aromatic carbocycles. The highest BCUT2D eigenvalue weighted by Crippen LogP contribution is 2.42. The van der Waals surface area contributed by atoms with Gasteiger partial charge in [0.25, 0.3) is 0 Å². The molecular weight excluding hydrogens is 450 g/mol. The lowest BCUT2D eigenvalue weighted by molar-refractivity contribution is -0.122. The zero-order chi connectivity index (χ0) is 24.3. The van der Waals surface area contributed by atoms with Crippen LogP contribution in [0.25, 0.3) is 0 Å². The fourth-order valence-corrected chi connectivity index (χ4v) is 4.23. The average Bonchev–Trinajstić information content (AvgIpc) is 3.15. The Morgan fingerprint density at radius 1 is 1.06 bits per heavy atom. The molecule has 0 saturated carbocycles. The summed E-state index contributed by atoms with van der Waals surface area (Å²) in [5, 5.41) is 2.77. The fraction of sp³-hybridized carbons (Fsp3) is 0.364. The quantitative estimate of drug-likeness (QED) is 0.598. The molecule has 1 fully saturated rings. The molecule has 2 N–H and O–H groups in total. The van der Waals surface area contributed by atoms with Crippen LogP contribution in [0.15, 0.2) is 30.3 Å². The first kappa shape index (κ1) is 24.2. The van der Waals surface area contributed by atoms with E-state index < -0.39 is 15.9 Å². The third-order valence-electron chi connectivity index (χ3n) is 5.26. The van der Waals surface area contributed by atoms with Gasteiger partial charge in [-0.2, -0.15) is 0 Å². The Hall–Kier alpha value is -3.47. The van der Waals surface area contributed by atoms with Gasteiger partial charge in [-0.15, -0.1) is 0 Å². The molecule has 1 saturated heterocycles. The van der Waals surface area contributed by atoms with Gasteiger partial charge in [-0.3, -0.25) is 14.3 Å². The molecule has 2 aromatic rings. The van der Waals surface area contributed by atoms with Crippen LogP contribution in [0.2, 0.25) is 0 Å². The number of anilines is 3. The second kappa shape index (κ2) is 9.57.